The minimum absolute atomic E-state index is 0.177. The van der Waals surface area contributed by atoms with Crippen molar-refractivity contribution in [1.29, 1.82) is 0 Å². The average molecular weight is 326 g/mol. The summed E-state index contributed by atoms with van der Waals surface area (Å²) >= 11 is 0. The van der Waals surface area contributed by atoms with E-state index in [4.69, 9.17) is 10.5 Å². The van der Waals surface area contributed by atoms with Crippen molar-refractivity contribution >= 4 is 11.6 Å². The zero-order valence-electron chi connectivity index (χ0n) is 14.8. The summed E-state index contributed by atoms with van der Waals surface area (Å²) < 4.78 is 5.80. The van der Waals surface area contributed by atoms with Gasteiger partial charge in [0.15, 0.2) is 0 Å². The van der Waals surface area contributed by atoms with Crippen LogP contribution >= 0.6 is 0 Å². The van der Waals surface area contributed by atoms with Crippen LogP contribution in [0.2, 0.25) is 0 Å². The van der Waals surface area contributed by atoms with Crippen molar-refractivity contribution in [2.24, 2.45) is 11.1 Å². The zero-order chi connectivity index (χ0) is 17.7. The number of ether oxygens (including phenoxy) is 1. The average Bonchev–Trinajstić information content (AvgIpc) is 2.54. The Kier molecular flexibility index (Phi) is 5.62. The van der Waals surface area contributed by atoms with E-state index >= 15 is 0 Å². The number of nitrogens with one attached hydrogen (secondary N) is 1. The zero-order valence-corrected chi connectivity index (χ0v) is 14.8. The second-order valence-corrected chi connectivity index (χ2v) is 7.08. The van der Waals surface area contributed by atoms with Crippen LogP contribution in [-0.2, 0) is 11.4 Å². The third-order valence-electron chi connectivity index (χ3n) is 3.92. The maximum absolute atomic E-state index is 12.2. The number of benzene rings is 2. The van der Waals surface area contributed by atoms with Crippen LogP contribution in [0.5, 0.6) is 5.75 Å². The van der Waals surface area contributed by atoms with Crippen LogP contribution in [0.15, 0.2) is 48.5 Å². The molecule has 2 aromatic carbocycles. The molecule has 1 amide bonds. The van der Waals surface area contributed by atoms with Gasteiger partial charge in [-0.25, -0.2) is 0 Å². The largest absolute Gasteiger partial charge is 0.489 e. The van der Waals surface area contributed by atoms with Gasteiger partial charge in [0.1, 0.15) is 12.4 Å². The van der Waals surface area contributed by atoms with E-state index in [0.29, 0.717) is 6.61 Å². The van der Waals surface area contributed by atoms with E-state index < -0.39 is 6.04 Å². The summed E-state index contributed by atoms with van der Waals surface area (Å²) in [5, 5.41) is 2.90. The second-order valence-electron chi connectivity index (χ2n) is 7.08. The molecule has 0 aliphatic heterocycles. The minimum Gasteiger partial charge on any atom is -0.489 e. The highest BCUT2D eigenvalue weighted by Crippen LogP contribution is 2.24. The van der Waals surface area contributed by atoms with Gasteiger partial charge in [0.25, 0.3) is 0 Å². The number of carbonyl (C=O) groups is 1. The van der Waals surface area contributed by atoms with Crippen molar-refractivity contribution in [1.82, 2.24) is 0 Å². The predicted octanol–water partition coefficient (Wildman–Crippen LogP) is 3.89. The second kappa shape index (κ2) is 7.49. The molecule has 0 aliphatic rings. The van der Waals surface area contributed by atoms with Crippen molar-refractivity contribution < 1.29 is 9.53 Å². The number of carbonyl (C=O) groups excluding carboxylic acids is 1. The molecule has 2 rings (SSSR count). The van der Waals surface area contributed by atoms with Gasteiger partial charge in [-0.1, -0.05) is 51.1 Å². The van der Waals surface area contributed by atoms with E-state index in [1.165, 1.54) is 0 Å². The number of nitrogens with two attached hydrogens (primary N) is 1. The molecule has 24 heavy (non-hydrogen) atoms. The maximum atomic E-state index is 12.2. The lowest BCUT2D eigenvalue weighted by Crippen LogP contribution is -2.45. The van der Waals surface area contributed by atoms with Gasteiger partial charge < -0.3 is 15.8 Å². The fourth-order valence-electron chi connectivity index (χ4n) is 2.21. The lowest BCUT2D eigenvalue weighted by Gasteiger charge is -2.26. The molecule has 0 unspecified atom stereocenters. The first-order chi connectivity index (χ1) is 11.3. The SMILES string of the molecule is Cc1cc(OCc2ccccc2)ccc1NC(=O)[C@@H](N)C(C)(C)C. The van der Waals surface area contributed by atoms with Crippen LogP contribution in [0, 0.1) is 12.3 Å². The Balaban J connectivity index is 2.00. The Morgan fingerprint density at radius 1 is 1.17 bits per heavy atom. The molecule has 3 N–H and O–H groups in total. The standard InChI is InChI=1S/C20H26N2O2/c1-14-12-16(24-13-15-8-6-5-7-9-15)10-11-17(14)22-19(23)18(21)20(2,3)4/h5-12,18H,13,21H2,1-4H3,(H,22,23)/t18-/m1/s1. The first-order valence-corrected chi connectivity index (χ1v) is 8.11. The predicted molar refractivity (Wildman–Crippen MR) is 98.0 cm³/mol. The maximum Gasteiger partial charge on any atom is 0.241 e. The first kappa shape index (κ1) is 18.0. The van der Waals surface area contributed by atoms with Crippen molar-refractivity contribution in [3.63, 3.8) is 0 Å². The van der Waals surface area contributed by atoms with Crippen molar-refractivity contribution in [2.75, 3.05) is 5.32 Å². The number of anilines is 1. The molecule has 0 spiro atoms. The molecular formula is C20H26N2O2. The quantitative estimate of drug-likeness (QED) is 0.876. The van der Waals surface area contributed by atoms with Crippen LogP contribution in [0.3, 0.4) is 0 Å². The number of hydrogen-bond donors (Lipinski definition) is 2. The Bertz CT molecular complexity index is 691. The summed E-state index contributed by atoms with van der Waals surface area (Å²) in [5.41, 5.74) is 8.53. The lowest BCUT2D eigenvalue weighted by molar-refractivity contribution is -0.119. The van der Waals surface area contributed by atoms with E-state index in [0.717, 1.165) is 22.6 Å². The van der Waals surface area contributed by atoms with Gasteiger partial charge >= 0.3 is 0 Å². The first-order valence-electron chi connectivity index (χ1n) is 8.11. The molecule has 2 aromatic rings. The molecule has 0 saturated carbocycles. The number of rotatable bonds is 5. The monoisotopic (exact) mass is 326 g/mol. The van der Waals surface area contributed by atoms with E-state index in [-0.39, 0.29) is 11.3 Å². The molecule has 0 fully saturated rings. The Morgan fingerprint density at radius 2 is 1.83 bits per heavy atom. The van der Waals surface area contributed by atoms with Crippen LogP contribution in [0.25, 0.3) is 0 Å². The van der Waals surface area contributed by atoms with E-state index in [2.05, 4.69) is 5.32 Å². The molecule has 0 aromatic heterocycles. The lowest BCUT2D eigenvalue weighted by atomic mass is 9.87. The van der Waals surface area contributed by atoms with Crippen molar-refractivity contribution in [3.8, 4) is 5.75 Å². The van der Waals surface area contributed by atoms with Gasteiger partial charge in [0.05, 0.1) is 6.04 Å². The van der Waals surface area contributed by atoms with E-state index in [1.54, 1.807) is 0 Å². The molecule has 0 radical (unpaired) electrons. The van der Waals surface area contributed by atoms with E-state index in [1.807, 2.05) is 76.2 Å². The molecule has 128 valence electrons. The van der Waals surface area contributed by atoms with Crippen molar-refractivity contribution in [3.05, 3.63) is 59.7 Å². The summed E-state index contributed by atoms with van der Waals surface area (Å²) in [6, 6.07) is 15.1. The molecule has 0 heterocycles. The molecule has 1 atom stereocenters. The molecular weight excluding hydrogens is 300 g/mol. The molecule has 4 nitrogen and oxygen atoms in total. The number of aryl methyl sites for hydroxylation is 1. The third kappa shape index (κ3) is 4.83. The van der Waals surface area contributed by atoms with Gasteiger partial charge in [-0.2, -0.15) is 0 Å². The fourth-order valence-corrected chi connectivity index (χ4v) is 2.21. The number of hydrogen-bond acceptors (Lipinski definition) is 3. The van der Waals surface area contributed by atoms with Gasteiger partial charge in [0.2, 0.25) is 5.91 Å². The van der Waals surface area contributed by atoms with Gasteiger partial charge in [0, 0.05) is 5.69 Å². The highest BCUT2D eigenvalue weighted by molar-refractivity contribution is 5.95. The third-order valence-corrected chi connectivity index (χ3v) is 3.92. The van der Waals surface area contributed by atoms with Crippen LogP contribution in [0.1, 0.15) is 31.9 Å². The summed E-state index contributed by atoms with van der Waals surface area (Å²) in [4.78, 5) is 12.2. The Hall–Kier alpha value is -2.33. The van der Waals surface area contributed by atoms with Gasteiger partial charge in [-0.15, -0.1) is 0 Å². The molecule has 4 heteroatoms. The Labute approximate surface area is 144 Å². The molecule has 0 bridgehead atoms. The number of amides is 1. The summed E-state index contributed by atoms with van der Waals surface area (Å²) in [7, 11) is 0. The molecule has 0 saturated heterocycles. The molecule has 0 aliphatic carbocycles. The smallest absolute Gasteiger partial charge is 0.241 e. The summed E-state index contributed by atoms with van der Waals surface area (Å²) in [5.74, 6) is 0.595. The Morgan fingerprint density at radius 3 is 2.42 bits per heavy atom. The minimum atomic E-state index is -0.564. The highest BCUT2D eigenvalue weighted by Gasteiger charge is 2.27. The summed E-state index contributed by atoms with van der Waals surface area (Å²) in [6.45, 7) is 8.30. The van der Waals surface area contributed by atoms with Crippen LogP contribution < -0.4 is 15.8 Å². The highest BCUT2D eigenvalue weighted by atomic mass is 16.5. The summed E-state index contributed by atoms with van der Waals surface area (Å²) in [6.07, 6.45) is 0. The topological polar surface area (TPSA) is 64.3 Å². The van der Waals surface area contributed by atoms with E-state index in [9.17, 15) is 4.79 Å². The van der Waals surface area contributed by atoms with Crippen LogP contribution in [-0.4, -0.2) is 11.9 Å². The van der Waals surface area contributed by atoms with Gasteiger partial charge in [-0.05, 0) is 41.7 Å². The van der Waals surface area contributed by atoms with Crippen LogP contribution in [0.4, 0.5) is 5.69 Å². The fraction of sp³-hybridized carbons (Fsp3) is 0.350. The van der Waals surface area contributed by atoms with Gasteiger partial charge in [-0.3, -0.25) is 4.79 Å². The normalized spacial score (nSPS) is 12.5. The van der Waals surface area contributed by atoms with Crippen molar-refractivity contribution in [2.45, 2.75) is 40.3 Å².